The third-order valence-electron chi connectivity index (χ3n) is 8.17. The molecule has 4 heterocycles. The lowest BCUT2D eigenvalue weighted by Crippen LogP contribution is -2.64. The molecule has 0 aromatic carbocycles. The molecule has 2 saturated heterocycles. The van der Waals surface area contributed by atoms with Crippen LogP contribution >= 0.6 is 0 Å². The first-order chi connectivity index (χ1) is 16.9. The van der Waals surface area contributed by atoms with Gasteiger partial charge in [-0.1, -0.05) is 13.8 Å². The third kappa shape index (κ3) is 4.88. The molecule has 3 aliphatic rings. The van der Waals surface area contributed by atoms with E-state index in [1.807, 2.05) is 52.0 Å². The summed E-state index contributed by atoms with van der Waals surface area (Å²) >= 11 is 0. The minimum atomic E-state index is -0.441. The van der Waals surface area contributed by atoms with Crippen molar-refractivity contribution in [2.75, 3.05) is 24.5 Å². The molecule has 200 valence electrons. The molecule has 2 aromatic rings. The maximum atomic E-state index is 12.3. The van der Waals surface area contributed by atoms with E-state index in [-0.39, 0.29) is 17.0 Å². The Morgan fingerprint density at radius 1 is 1.08 bits per heavy atom. The molecule has 2 aromatic heterocycles. The van der Waals surface area contributed by atoms with Crippen molar-refractivity contribution < 1.29 is 9.53 Å². The van der Waals surface area contributed by atoms with E-state index in [2.05, 4.69) is 53.0 Å². The van der Waals surface area contributed by atoms with Crippen LogP contribution in [0.5, 0.6) is 0 Å². The summed E-state index contributed by atoms with van der Waals surface area (Å²) in [7, 11) is 0. The zero-order valence-electron chi connectivity index (χ0n) is 23.8. The highest BCUT2D eigenvalue weighted by Crippen LogP contribution is 2.55. The number of nitrogens with zero attached hydrogens (tertiary/aromatic N) is 6. The lowest BCUT2D eigenvalue weighted by Gasteiger charge is -2.58. The summed E-state index contributed by atoms with van der Waals surface area (Å²) in [5, 5.41) is 5.18. The van der Waals surface area contributed by atoms with Crippen molar-refractivity contribution in [3.8, 4) is 0 Å². The van der Waals surface area contributed by atoms with E-state index in [4.69, 9.17) is 9.84 Å². The van der Waals surface area contributed by atoms with Gasteiger partial charge in [-0.25, -0.2) is 9.78 Å². The summed E-state index contributed by atoms with van der Waals surface area (Å²) in [6, 6.07) is 0.898. The molecular weight excluding hydrogens is 452 g/mol. The van der Waals surface area contributed by atoms with Crippen molar-refractivity contribution in [2.45, 2.75) is 111 Å². The maximum Gasteiger partial charge on any atom is 0.410 e. The van der Waals surface area contributed by atoms with Crippen LogP contribution in [0.3, 0.4) is 0 Å². The van der Waals surface area contributed by atoms with E-state index in [0.717, 1.165) is 51.1 Å². The number of amides is 1. The second kappa shape index (κ2) is 9.42. The fourth-order valence-electron chi connectivity index (χ4n) is 6.29. The Labute approximate surface area is 217 Å². The van der Waals surface area contributed by atoms with Gasteiger partial charge >= 0.3 is 6.09 Å². The Morgan fingerprint density at radius 2 is 1.75 bits per heavy atom. The SMILES string of the molecule is CC.Cc1c(N2CCC(n3ccnc3)CC2(C)C)nn(C2CC3(C2)CN(C(=O)OC(C)(C)C)C3)c1C. The normalized spacial score (nSPS) is 23.0. The molecule has 0 N–H and O–H groups in total. The lowest BCUT2D eigenvalue weighted by molar-refractivity contribution is -0.0930. The number of piperidine rings is 1. The van der Waals surface area contributed by atoms with Crippen molar-refractivity contribution >= 4 is 11.9 Å². The predicted molar refractivity (Wildman–Crippen MR) is 143 cm³/mol. The number of aromatic nitrogens is 4. The van der Waals surface area contributed by atoms with E-state index in [0.29, 0.717) is 12.1 Å². The maximum absolute atomic E-state index is 12.3. The molecule has 1 aliphatic carbocycles. The smallest absolute Gasteiger partial charge is 0.410 e. The van der Waals surface area contributed by atoms with Crippen LogP contribution in [0.2, 0.25) is 0 Å². The van der Waals surface area contributed by atoms with E-state index < -0.39 is 5.60 Å². The van der Waals surface area contributed by atoms with Crippen LogP contribution in [0.4, 0.5) is 10.6 Å². The van der Waals surface area contributed by atoms with E-state index in [9.17, 15) is 4.79 Å². The first kappa shape index (κ1) is 26.6. The van der Waals surface area contributed by atoms with Crippen LogP contribution in [0.15, 0.2) is 18.7 Å². The van der Waals surface area contributed by atoms with Crippen molar-refractivity contribution in [1.29, 1.82) is 0 Å². The predicted octanol–water partition coefficient (Wildman–Crippen LogP) is 5.91. The van der Waals surface area contributed by atoms with Crippen LogP contribution in [-0.4, -0.2) is 61.1 Å². The fourth-order valence-corrected chi connectivity index (χ4v) is 6.29. The number of anilines is 1. The molecule has 1 spiro atoms. The van der Waals surface area contributed by atoms with E-state index >= 15 is 0 Å². The van der Waals surface area contributed by atoms with Gasteiger partial charge in [0.05, 0.1) is 12.4 Å². The highest BCUT2D eigenvalue weighted by molar-refractivity contribution is 5.69. The summed E-state index contributed by atoms with van der Waals surface area (Å²) < 4.78 is 10.1. The second-order valence-electron chi connectivity index (χ2n) is 12.5. The standard InChI is InChI=1S/C26H40N6O2.C2H6/c1-18-19(2)32(21-13-26(14-21)15-30(16-26)23(33)34-24(3,4)5)28-22(18)31-10-8-20(12-25(31,6)7)29-11-9-27-17-29;1-2/h9,11,17,20-21H,8,10,12-16H2,1-7H3;1-2H3. The fraction of sp³-hybridized carbons (Fsp3) is 0.750. The zero-order valence-corrected chi connectivity index (χ0v) is 23.8. The number of imidazole rings is 1. The summed E-state index contributed by atoms with van der Waals surface area (Å²) in [5.74, 6) is 1.14. The Kier molecular flexibility index (Phi) is 6.95. The number of carbonyl (C=O) groups is 1. The molecule has 8 heteroatoms. The van der Waals surface area contributed by atoms with Crippen molar-refractivity contribution in [2.24, 2.45) is 5.41 Å². The Morgan fingerprint density at radius 3 is 2.31 bits per heavy atom. The van der Waals surface area contributed by atoms with Crippen LogP contribution in [-0.2, 0) is 4.74 Å². The first-order valence-electron chi connectivity index (χ1n) is 13.7. The molecule has 8 nitrogen and oxygen atoms in total. The Bertz CT molecular complexity index is 1050. The average molecular weight is 499 g/mol. The lowest BCUT2D eigenvalue weighted by atomic mass is 9.61. The number of likely N-dealkylation sites (tertiary alicyclic amines) is 1. The molecule has 3 fully saturated rings. The first-order valence-corrected chi connectivity index (χ1v) is 13.7. The molecule has 0 radical (unpaired) electrons. The van der Waals surface area contributed by atoms with Crippen molar-refractivity contribution in [3.05, 3.63) is 30.0 Å². The van der Waals surface area contributed by atoms with Gasteiger partial charge in [-0.05, 0) is 74.1 Å². The van der Waals surface area contributed by atoms with Gasteiger partial charge < -0.3 is 19.1 Å². The molecular formula is C28H46N6O2. The van der Waals surface area contributed by atoms with Crippen molar-refractivity contribution in [1.82, 2.24) is 24.2 Å². The number of hydrogen-bond acceptors (Lipinski definition) is 5. The van der Waals surface area contributed by atoms with Crippen LogP contribution < -0.4 is 4.90 Å². The van der Waals surface area contributed by atoms with Crippen LogP contribution in [0, 0.1) is 19.3 Å². The molecule has 2 aliphatic heterocycles. The number of hydrogen-bond donors (Lipinski definition) is 0. The van der Waals surface area contributed by atoms with Gasteiger partial charge in [-0.15, -0.1) is 0 Å². The van der Waals surface area contributed by atoms with Gasteiger partial charge in [0, 0.05) is 60.3 Å². The second-order valence-corrected chi connectivity index (χ2v) is 12.5. The number of carbonyl (C=O) groups excluding carboxylic acids is 1. The largest absolute Gasteiger partial charge is 0.444 e. The molecule has 1 amide bonds. The van der Waals surface area contributed by atoms with Gasteiger partial charge in [0.2, 0.25) is 0 Å². The summed E-state index contributed by atoms with van der Waals surface area (Å²) in [6.45, 7) is 21.4. The summed E-state index contributed by atoms with van der Waals surface area (Å²) in [6.07, 6.45) is 10.0. The Balaban J connectivity index is 0.00000148. The quantitative estimate of drug-likeness (QED) is 0.526. The number of rotatable bonds is 3. The van der Waals surface area contributed by atoms with Crippen LogP contribution in [0.25, 0.3) is 0 Å². The van der Waals surface area contributed by atoms with Crippen molar-refractivity contribution in [3.63, 3.8) is 0 Å². The zero-order chi connectivity index (χ0) is 26.5. The van der Waals surface area contributed by atoms with E-state index in [1.165, 1.54) is 11.3 Å². The van der Waals surface area contributed by atoms with Gasteiger partial charge in [0.15, 0.2) is 5.82 Å². The topological polar surface area (TPSA) is 68.4 Å². The van der Waals surface area contributed by atoms with Gasteiger partial charge in [0.1, 0.15) is 5.60 Å². The average Bonchev–Trinajstić information content (AvgIpc) is 3.36. The molecule has 1 atom stereocenters. The van der Waals surface area contributed by atoms with Gasteiger partial charge in [-0.3, -0.25) is 4.68 Å². The third-order valence-corrected chi connectivity index (χ3v) is 8.17. The van der Waals surface area contributed by atoms with E-state index in [1.54, 1.807) is 0 Å². The minimum Gasteiger partial charge on any atom is -0.444 e. The highest BCUT2D eigenvalue weighted by Gasteiger charge is 2.55. The van der Waals surface area contributed by atoms with Gasteiger partial charge in [-0.2, -0.15) is 5.10 Å². The molecule has 36 heavy (non-hydrogen) atoms. The molecule has 1 unspecified atom stereocenters. The Hall–Kier alpha value is -2.51. The molecule has 0 bridgehead atoms. The molecule has 1 saturated carbocycles. The monoisotopic (exact) mass is 498 g/mol. The van der Waals surface area contributed by atoms with Crippen LogP contribution in [0.1, 0.15) is 97.5 Å². The van der Waals surface area contributed by atoms with Gasteiger partial charge in [0.25, 0.3) is 0 Å². The number of ether oxygens (including phenoxy) is 1. The highest BCUT2D eigenvalue weighted by atomic mass is 16.6. The molecule has 5 rings (SSSR count). The summed E-state index contributed by atoms with van der Waals surface area (Å²) in [4.78, 5) is 20.9. The summed E-state index contributed by atoms with van der Waals surface area (Å²) in [5.41, 5.74) is 2.39. The minimum absolute atomic E-state index is 0.0201.